The van der Waals surface area contributed by atoms with Gasteiger partial charge in [0.2, 0.25) is 0 Å². The van der Waals surface area contributed by atoms with Crippen molar-refractivity contribution in [2.75, 3.05) is 0 Å². The number of benzene rings is 5. The Morgan fingerprint density at radius 1 is 0.673 bits per heavy atom. The van der Waals surface area contributed by atoms with E-state index < -0.39 is 29.3 Å². The molecular weight excluding hydrogens is 803 g/mol. The Hall–Kier alpha value is -2.61. The minimum atomic E-state index is -3.05. The van der Waals surface area contributed by atoms with E-state index in [1.54, 1.807) is 33.9 Å². The summed E-state index contributed by atoms with van der Waals surface area (Å²) in [6.45, 7) is 30.4. The van der Waals surface area contributed by atoms with E-state index in [9.17, 15) is 0 Å². The third kappa shape index (κ3) is 6.36. The number of halogens is 2. The molecule has 3 aliphatic rings. The Morgan fingerprint density at radius 3 is 1.76 bits per heavy atom. The van der Waals surface area contributed by atoms with Crippen molar-refractivity contribution in [2.45, 2.75) is 96.9 Å². The van der Waals surface area contributed by atoms with Crippen molar-refractivity contribution in [3.8, 4) is 11.1 Å². The van der Waals surface area contributed by atoms with Crippen LogP contribution in [0.25, 0.3) is 21.9 Å². The van der Waals surface area contributed by atoms with E-state index in [0.29, 0.717) is 29.6 Å². The second-order valence-corrected chi connectivity index (χ2v) is 30.3. The maximum atomic E-state index is 2.80. The molecule has 0 bridgehead atoms. The number of allylic oxidation sites excluding steroid dienone is 4. The van der Waals surface area contributed by atoms with E-state index in [4.69, 9.17) is 0 Å². The van der Waals surface area contributed by atoms with Gasteiger partial charge >= 0.3 is 331 Å². The third-order valence-electron chi connectivity index (χ3n) is 14.4. The zero-order valence-corrected chi connectivity index (χ0v) is 39.9. The molecule has 8 rings (SSSR count). The average Bonchev–Trinajstić information content (AvgIpc) is 3.68. The van der Waals surface area contributed by atoms with Crippen molar-refractivity contribution in [2.24, 2.45) is 17.8 Å². The molecule has 55 heavy (non-hydrogen) atoms. The summed E-state index contributed by atoms with van der Waals surface area (Å²) in [5, 5.41) is 4.60. The topological polar surface area (TPSA) is 0 Å². The first-order chi connectivity index (χ1) is 25.2. The summed E-state index contributed by atoms with van der Waals surface area (Å²) < 4.78 is 3.46. The first-order valence-electron chi connectivity index (χ1n) is 20.2. The van der Waals surface area contributed by atoms with E-state index in [1.165, 1.54) is 49.7 Å². The molecule has 5 aromatic rings. The van der Waals surface area contributed by atoms with Gasteiger partial charge in [-0.05, 0) is 0 Å². The van der Waals surface area contributed by atoms with Crippen LogP contribution in [0.5, 0.6) is 0 Å². The molecular formula is C51H58Cl2SiZr. The van der Waals surface area contributed by atoms with Gasteiger partial charge in [0.05, 0.1) is 0 Å². The summed E-state index contributed by atoms with van der Waals surface area (Å²) in [5.41, 5.74) is 16.8. The number of rotatable bonds is 5. The number of hydrogen-bond donors (Lipinski definition) is 0. The predicted molar refractivity (Wildman–Crippen MR) is 230 cm³/mol. The molecule has 0 nitrogen and oxygen atoms in total. The fourth-order valence-corrected chi connectivity index (χ4v) is 23.4. The molecule has 6 atom stereocenters. The van der Waals surface area contributed by atoms with Crippen molar-refractivity contribution in [1.29, 1.82) is 0 Å². The van der Waals surface area contributed by atoms with Gasteiger partial charge in [-0.25, -0.2) is 0 Å². The second kappa shape index (κ2) is 15.3. The predicted octanol–water partition coefficient (Wildman–Crippen LogP) is 7.73. The monoisotopic (exact) mass is 858 g/mol. The first-order valence-corrected chi connectivity index (χ1v) is 27.4. The van der Waals surface area contributed by atoms with E-state index in [1.807, 2.05) is 0 Å². The van der Waals surface area contributed by atoms with Crippen LogP contribution < -0.4 is 24.8 Å². The van der Waals surface area contributed by atoms with Gasteiger partial charge < -0.3 is 24.8 Å². The van der Waals surface area contributed by atoms with Crippen LogP contribution in [-0.4, -0.2) is 11.3 Å². The molecule has 0 aromatic heterocycles. The number of hydrogen-bond acceptors (Lipinski definition) is 0. The summed E-state index contributed by atoms with van der Waals surface area (Å²) in [6.07, 6.45) is 5.48. The minimum absolute atomic E-state index is 0. The Kier molecular flexibility index (Phi) is 11.7. The SMILES string of the molecule is Cc1cc2c(c(C)c1C)C(C)c1c3c(c4ccccc4c1-2)C(C)C(C)C(C)[C]3(C)[Zr+2]([C]1=CC([Si](C)(C)C)=CC1C)=[C](c1ccccc1)c1ccccc1.[Cl-].[Cl-]. The summed E-state index contributed by atoms with van der Waals surface area (Å²) in [7, 11) is -1.55. The fourth-order valence-electron chi connectivity index (χ4n) is 10.9. The normalized spacial score (nSPS) is 23.7. The molecule has 0 saturated heterocycles. The van der Waals surface area contributed by atoms with Crippen LogP contribution >= 0.6 is 0 Å². The van der Waals surface area contributed by atoms with Gasteiger partial charge in [-0.2, -0.15) is 0 Å². The van der Waals surface area contributed by atoms with Gasteiger partial charge in [0, 0.05) is 0 Å². The smallest absolute Gasteiger partial charge is 1.00 e. The van der Waals surface area contributed by atoms with E-state index in [-0.39, 0.29) is 27.9 Å². The van der Waals surface area contributed by atoms with E-state index >= 15 is 0 Å². The van der Waals surface area contributed by atoms with Crippen molar-refractivity contribution in [1.82, 2.24) is 0 Å². The standard InChI is InChI=1S/C29H33.C13H10.C9H15Si.2ClH.Zr/c1-14-13-24-25(18(5)15(14)2)21(8)28-27-20(7)17(4)16(3)19(6)26(27)22-11-9-10-12-23(22)29(24)28;1-3-7-12(8-4-1)11-13-9-5-2-6-10-13;1-8-5-6-9(7-8)10(2,3)4;;;/h9-13,16-17,19,21H,1-8H3;1-10H;6-8H,1-4H3;2*1H;/q;;;;;+2/p-2. The Bertz CT molecular complexity index is 2360. The first kappa shape index (κ1) is 42.0. The largest absolute Gasteiger partial charge is 1.00 e. The molecule has 5 aromatic carbocycles. The van der Waals surface area contributed by atoms with E-state index in [2.05, 4.69) is 185 Å². The zero-order valence-electron chi connectivity index (χ0n) is 35.0. The maximum absolute atomic E-state index is 3.05. The Balaban J connectivity index is 0.00000257. The molecule has 3 aliphatic carbocycles. The van der Waals surface area contributed by atoms with Crippen molar-refractivity contribution >= 4 is 22.1 Å². The molecule has 0 radical (unpaired) electrons. The fraction of sp³-hybridized carbons (Fsp3) is 0.353. The maximum Gasteiger partial charge on any atom is -1.00 e. The zero-order chi connectivity index (χ0) is 37.7. The van der Waals surface area contributed by atoms with Crippen LogP contribution in [0, 0.1) is 38.5 Å². The average molecular weight is 861 g/mol. The van der Waals surface area contributed by atoms with Gasteiger partial charge in [0.25, 0.3) is 0 Å². The summed E-state index contributed by atoms with van der Waals surface area (Å²) in [5.74, 6) is 2.32. The van der Waals surface area contributed by atoms with Crippen molar-refractivity contribution < 1.29 is 46.1 Å². The molecule has 0 saturated carbocycles. The Labute approximate surface area is 352 Å². The van der Waals surface area contributed by atoms with Gasteiger partial charge in [-0.1, -0.05) is 0 Å². The van der Waals surface area contributed by atoms with Crippen LogP contribution in [0.4, 0.5) is 0 Å². The van der Waals surface area contributed by atoms with E-state index in [0.717, 1.165) is 0 Å². The molecule has 0 heterocycles. The summed E-state index contributed by atoms with van der Waals surface area (Å²) >= 11 is -3.05. The van der Waals surface area contributed by atoms with Gasteiger partial charge in [0.1, 0.15) is 0 Å². The van der Waals surface area contributed by atoms with Gasteiger partial charge in [0.15, 0.2) is 0 Å². The van der Waals surface area contributed by atoms with Crippen LogP contribution in [-0.2, 0) is 24.4 Å². The van der Waals surface area contributed by atoms with Crippen LogP contribution in [0.2, 0.25) is 19.6 Å². The van der Waals surface area contributed by atoms with Gasteiger partial charge in [-0.15, -0.1) is 0 Å². The third-order valence-corrected chi connectivity index (χ3v) is 26.3. The van der Waals surface area contributed by atoms with Gasteiger partial charge in [-0.3, -0.25) is 0 Å². The van der Waals surface area contributed by atoms with Crippen LogP contribution in [0.3, 0.4) is 0 Å². The number of fused-ring (bicyclic) bond motifs is 8. The number of aryl methyl sites for hydroxylation is 1. The molecule has 0 aliphatic heterocycles. The van der Waals surface area contributed by atoms with Crippen LogP contribution in [0.15, 0.2) is 112 Å². The Morgan fingerprint density at radius 2 is 1.22 bits per heavy atom. The molecule has 4 heteroatoms. The molecule has 6 unspecified atom stereocenters. The minimum Gasteiger partial charge on any atom is -1.00 e. The summed E-state index contributed by atoms with van der Waals surface area (Å²) in [6, 6.07) is 35.3. The molecule has 0 amide bonds. The summed E-state index contributed by atoms with van der Waals surface area (Å²) in [4.78, 5) is 0. The molecule has 0 spiro atoms. The van der Waals surface area contributed by atoms with Crippen molar-refractivity contribution in [3.05, 3.63) is 162 Å². The van der Waals surface area contributed by atoms with Crippen LogP contribution in [0.1, 0.15) is 103 Å². The second-order valence-electron chi connectivity index (χ2n) is 18.1. The van der Waals surface area contributed by atoms with Crippen molar-refractivity contribution in [3.63, 3.8) is 0 Å². The molecule has 0 fully saturated rings. The molecule has 0 N–H and O–H groups in total. The quantitative estimate of drug-likeness (QED) is 0.159. The molecule has 284 valence electrons.